The molecule has 10 nitrogen and oxygen atoms in total. The maximum absolute atomic E-state index is 13.4. The summed E-state index contributed by atoms with van der Waals surface area (Å²) in [4.78, 5) is 33.5. The number of nitrogens with two attached hydrogens (primary N) is 2. The molecule has 5 aromatic rings. The summed E-state index contributed by atoms with van der Waals surface area (Å²) < 4.78 is 3.15. The number of nitrogen functional groups attached to an aromatic ring is 1. The first-order valence-electron chi connectivity index (χ1n) is 12.8. The number of primary amides is 1. The van der Waals surface area contributed by atoms with Gasteiger partial charge in [0.15, 0.2) is 10.8 Å². The van der Waals surface area contributed by atoms with Crippen LogP contribution in [0.5, 0.6) is 0 Å². The number of anilines is 2. The number of hydrogen-bond donors (Lipinski definition) is 3. The van der Waals surface area contributed by atoms with Crippen molar-refractivity contribution in [3.8, 4) is 17.5 Å². The van der Waals surface area contributed by atoms with Crippen molar-refractivity contribution >= 4 is 39.8 Å². The molecule has 0 bridgehead atoms. The van der Waals surface area contributed by atoms with Gasteiger partial charge in [-0.1, -0.05) is 43.2 Å². The van der Waals surface area contributed by atoms with Gasteiger partial charge in [0.05, 0.1) is 16.6 Å². The Balaban J connectivity index is 0.000000234. The maximum atomic E-state index is 13.4. The van der Waals surface area contributed by atoms with Crippen molar-refractivity contribution in [3.05, 3.63) is 105 Å². The van der Waals surface area contributed by atoms with Gasteiger partial charge in [0, 0.05) is 36.7 Å². The Labute approximate surface area is 241 Å². The van der Waals surface area contributed by atoms with Gasteiger partial charge in [-0.05, 0) is 37.1 Å². The maximum Gasteiger partial charge on any atom is 0.267 e. The highest BCUT2D eigenvalue weighted by Crippen LogP contribution is 2.20. The number of aryl methyl sites for hydroxylation is 3. The van der Waals surface area contributed by atoms with Crippen LogP contribution in [0.25, 0.3) is 16.6 Å². The molecule has 5 N–H and O–H groups in total. The molecule has 5 rings (SSSR count). The van der Waals surface area contributed by atoms with E-state index in [-0.39, 0.29) is 16.9 Å². The van der Waals surface area contributed by atoms with E-state index in [1.165, 1.54) is 16.0 Å². The zero-order valence-corrected chi connectivity index (χ0v) is 23.8. The van der Waals surface area contributed by atoms with Gasteiger partial charge in [-0.25, -0.2) is 9.97 Å². The molecule has 208 valence electrons. The summed E-state index contributed by atoms with van der Waals surface area (Å²) in [6.07, 6.45) is 2.32. The summed E-state index contributed by atoms with van der Waals surface area (Å²) >= 11 is 1.50. The largest absolute Gasteiger partial charge is 0.381 e. The van der Waals surface area contributed by atoms with Crippen molar-refractivity contribution in [3.63, 3.8) is 0 Å². The van der Waals surface area contributed by atoms with Crippen LogP contribution < -0.4 is 22.3 Å². The molecule has 41 heavy (non-hydrogen) atoms. The summed E-state index contributed by atoms with van der Waals surface area (Å²) in [6, 6.07) is 15.2. The number of nitrogens with zero attached hydrogens (tertiary/aromatic N) is 5. The van der Waals surface area contributed by atoms with Crippen molar-refractivity contribution in [1.29, 1.82) is 0 Å². The lowest BCUT2D eigenvalue weighted by Gasteiger charge is -2.13. The minimum atomic E-state index is -0.595. The molecule has 0 aliphatic heterocycles. The standard InChI is InChI=1S/C22H17N3OS.C8H13N5O/c1-3-19-24-18-11-7-8-16(12-13-20-23-15(2)14-27-20)21(18)22(26)25(19)17-9-5-4-6-10-17;1-3-4-11-8-5(7(10)14)6(9)12-13(8)2/h4-11,14H,3H2,1-2H3;3,11H,1,4H2,2H3,(H2,9,12)(H2,10,14). The second-order valence-electron chi connectivity index (χ2n) is 8.87. The normalized spacial score (nSPS) is 10.3. The first-order valence-corrected chi connectivity index (χ1v) is 13.6. The third kappa shape index (κ3) is 6.34. The number of rotatable bonds is 6. The number of nitrogens with one attached hydrogen (secondary N) is 1. The van der Waals surface area contributed by atoms with E-state index < -0.39 is 5.91 Å². The molecule has 0 radical (unpaired) electrons. The first-order chi connectivity index (χ1) is 19.7. The van der Waals surface area contributed by atoms with Gasteiger partial charge in [-0.15, -0.1) is 17.9 Å². The summed E-state index contributed by atoms with van der Waals surface area (Å²) in [6.45, 7) is 8.00. The predicted octanol–water partition coefficient (Wildman–Crippen LogP) is 3.81. The van der Waals surface area contributed by atoms with Crippen LogP contribution in [0.15, 0.2) is 71.4 Å². The highest BCUT2D eigenvalue weighted by molar-refractivity contribution is 7.10. The van der Waals surface area contributed by atoms with Gasteiger partial charge in [0.25, 0.3) is 11.5 Å². The van der Waals surface area contributed by atoms with Gasteiger partial charge in [0.1, 0.15) is 17.2 Å². The van der Waals surface area contributed by atoms with Gasteiger partial charge in [-0.3, -0.25) is 18.8 Å². The fourth-order valence-corrected chi connectivity index (χ4v) is 4.79. The molecule has 0 unspecified atom stereocenters. The SMILES string of the molecule is C=CCNc1c(C(N)=O)c(N)nn1C.CCc1nc2cccc(C#Cc3nc(C)cs3)c2c(=O)n1-c1ccccc1. The molecule has 0 saturated carbocycles. The van der Waals surface area contributed by atoms with Crippen molar-refractivity contribution in [2.75, 3.05) is 17.6 Å². The number of para-hydroxylation sites is 1. The minimum absolute atomic E-state index is 0.0942. The minimum Gasteiger partial charge on any atom is -0.381 e. The number of thiazole rings is 1. The van der Waals surface area contributed by atoms with E-state index in [9.17, 15) is 9.59 Å². The van der Waals surface area contributed by atoms with Crippen LogP contribution in [0.1, 0.15) is 39.4 Å². The molecule has 0 fully saturated rings. The van der Waals surface area contributed by atoms with Crippen molar-refractivity contribution < 1.29 is 4.79 Å². The van der Waals surface area contributed by atoms with Gasteiger partial charge < -0.3 is 16.8 Å². The van der Waals surface area contributed by atoms with Gasteiger partial charge in [-0.2, -0.15) is 5.10 Å². The van der Waals surface area contributed by atoms with Crippen LogP contribution in [0.2, 0.25) is 0 Å². The Morgan fingerprint density at radius 1 is 1.15 bits per heavy atom. The number of carbonyl (C=O) groups excluding carboxylic acids is 1. The molecule has 11 heteroatoms. The third-order valence-electron chi connectivity index (χ3n) is 5.96. The van der Waals surface area contributed by atoms with E-state index in [4.69, 9.17) is 16.5 Å². The molecule has 3 aromatic heterocycles. The molecule has 0 saturated heterocycles. The summed E-state index contributed by atoms with van der Waals surface area (Å²) in [5.74, 6) is 6.97. The fraction of sp³-hybridized carbons (Fsp3) is 0.167. The molecule has 0 aliphatic rings. The average Bonchev–Trinajstić information content (AvgIpc) is 3.51. The topological polar surface area (TPSA) is 147 Å². The Kier molecular flexibility index (Phi) is 8.96. The number of carbonyl (C=O) groups is 1. The molecule has 0 spiro atoms. The van der Waals surface area contributed by atoms with E-state index in [1.54, 1.807) is 17.7 Å². The van der Waals surface area contributed by atoms with Gasteiger partial charge in [0.2, 0.25) is 0 Å². The molecule has 0 aliphatic carbocycles. The highest BCUT2D eigenvalue weighted by Gasteiger charge is 2.18. The average molecular weight is 567 g/mol. The van der Waals surface area contributed by atoms with Crippen molar-refractivity contribution in [2.24, 2.45) is 12.8 Å². The lowest BCUT2D eigenvalue weighted by Crippen LogP contribution is -2.24. The summed E-state index contributed by atoms with van der Waals surface area (Å²) in [5.41, 5.74) is 13.9. The predicted molar refractivity (Wildman–Crippen MR) is 164 cm³/mol. The Bertz CT molecular complexity index is 1840. The number of fused-ring (bicyclic) bond motifs is 1. The third-order valence-corrected chi connectivity index (χ3v) is 6.83. The van der Waals surface area contributed by atoms with Crippen LogP contribution in [0.3, 0.4) is 0 Å². The second kappa shape index (κ2) is 12.8. The fourth-order valence-electron chi connectivity index (χ4n) is 4.15. The lowest BCUT2D eigenvalue weighted by molar-refractivity contribution is 0.100. The molecule has 1 amide bonds. The van der Waals surface area contributed by atoms with E-state index in [0.29, 0.717) is 35.2 Å². The zero-order chi connectivity index (χ0) is 29.5. The highest BCUT2D eigenvalue weighted by atomic mass is 32.1. The Hall–Kier alpha value is -5.21. The molecule has 3 heterocycles. The number of hydrogen-bond acceptors (Lipinski definition) is 8. The first kappa shape index (κ1) is 28.8. The summed E-state index contributed by atoms with van der Waals surface area (Å²) in [5, 5.41) is 10.1. The van der Waals surface area contributed by atoms with Crippen LogP contribution >= 0.6 is 11.3 Å². The van der Waals surface area contributed by atoms with Crippen molar-refractivity contribution in [1.82, 2.24) is 24.3 Å². The Morgan fingerprint density at radius 3 is 2.54 bits per heavy atom. The quantitative estimate of drug-likeness (QED) is 0.209. The van der Waals surface area contributed by atoms with Crippen LogP contribution in [-0.4, -0.2) is 36.8 Å². The van der Waals surface area contributed by atoms with E-state index in [0.717, 1.165) is 22.2 Å². The van der Waals surface area contributed by atoms with E-state index in [1.807, 2.05) is 67.8 Å². The van der Waals surface area contributed by atoms with Gasteiger partial charge >= 0.3 is 0 Å². The lowest BCUT2D eigenvalue weighted by atomic mass is 10.1. The monoisotopic (exact) mass is 566 g/mol. The van der Waals surface area contributed by atoms with Crippen LogP contribution in [0, 0.1) is 18.8 Å². The number of benzene rings is 2. The van der Waals surface area contributed by atoms with E-state index in [2.05, 4.69) is 33.8 Å². The Morgan fingerprint density at radius 2 is 1.90 bits per heavy atom. The zero-order valence-electron chi connectivity index (χ0n) is 23.0. The van der Waals surface area contributed by atoms with Crippen LogP contribution in [-0.2, 0) is 13.5 Å². The molecular formula is C30H30N8O2S. The summed E-state index contributed by atoms with van der Waals surface area (Å²) in [7, 11) is 1.67. The van der Waals surface area contributed by atoms with Crippen molar-refractivity contribution in [2.45, 2.75) is 20.3 Å². The smallest absolute Gasteiger partial charge is 0.267 e. The molecule has 0 atom stereocenters. The van der Waals surface area contributed by atoms with Crippen LogP contribution in [0.4, 0.5) is 11.6 Å². The molecular weight excluding hydrogens is 536 g/mol. The number of amides is 1. The number of aromatic nitrogens is 5. The second-order valence-corrected chi connectivity index (χ2v) is 9.73. The van der Waals surface area contributed by atoms with E-state index >= 15 is 0 Å². The molecule has 2 aromatic carbocycles.